The van der Waals surface area contributed by atoms with E-state index < -0.39 is 0 Å². The number of aromatic amines is 2. The lowest BCUT2D eigenvalue weighted by atomic mass is 9.87. The van der Waals surface area contributed by atoms with Crippen LogP contribution in [0.3, 0.4) is 0 Å². The van der Waals surface area contributed by atoms with Crippen molar-refractivity contribution in [3.05, 3.63) is 55.0 Å². The molecule has 0 atom stereocenters. The Balaban J connectivity index is 1.16. The van der Waals surface area contributed by atoms with E-state index in [0.29, 0.717) is 12.3 Å². The molecule has 5 aromatic rings. The van der Waals surface area contributed by atoms with E-state index in [4.69, 9.17) is 10.1 Å². The maximum absolute atomic E-state index is 12.7. The number of pyridine rings is 2. The first-order valence-electron chi connectivity index (χ1n) is 14.8. The highest BCUT2D eigenvalue weighted by Crippen LogP contribution is 2.34. The fourth-order valence-corrected chi connectivity index (χ4v) is 6.37. The number of benzene rings is 1. The number of carbonyl (C=O) groups is 1. The number of anilines is 2. The average molecular weight is 549 g/mol. The quantitative estimate of drug-likeness (QED) is 0.247. The van der Waals surface area contributed by atoms with E-state index in [9.17, 15) is 4.79 Å². The molecule has 1 aliphatic carbocycles. The molecule has 7 rings (SSSR count). The Morgan fingerprint density at radius 2 is 1.80 bits per heavy atom. The second-order valence-corrected chi connectivity index (χ2v) is 11.6. The number of fused-ring (bicyclic) bond motifs is 2. The minimum Gasteiger partial charge on any atom is -0.353 e. The van der Waals surface area contributed by atoms with Crippen LogP contribution in [0.15, 0.2) is 55.0 Å². The summed E-state index contributed by atoms with van der Waals surface area (Å²) in [6, 6.07) is 12.5. The van der Waals surface area contributed by atoms with E-state index in [-0.39, 0.29) is 5.91 Å². The summed E-state index contributed by atoms with van der Waals surface area (Å²) in [5, 5.41) is 13.1. The molecular formula is C32H36N8O. The highest BCUT2D eigenvalue weighted by atomic mass is 16.1. The lowest BCUT2D eigenvalue weighted by Gasteiger charge is -2.33. The number of aromatic nitrogens is 5. The lowest BCUT2D eigenvalue weighted by Crippen LogP contribution is -2.44. The van der Waals surface area contributed by atoms with Crippen molar-refractivity contribution in [2.24, 2.45) is 5.92 Å². The van der Waals surface area contributed by atoms with Crippen LogP contribution in [0.4, 0.5) is 11.5 Å². The van der Waals surface area contributed by atoms with Crippen molar-refractivity contribution in [2.45, 2.75) is 38.5 Å². The van der Waals surface area contributed by atoms with Crippen molar-refractivity contribution in [1.29, 1.82) is 0 Å². The Kier molecular flexibility index (Phi) is 6.88. The largest absolute Gasteiger partial charge is 0.353 e. The molecule has 1 amide bonds. The van der Waals surface area contributed by atoms with Gasteiger partial charge in [0.25, 0.3) is 0 Å². The second-order valence-electron chi connectivity index (χ2n) is 11.6. The average Bonchev–Trinajstić information content (AvgIpc) is 3.62. The summed E-state index contributed by atoms with van der Waals surface area (Å²) in [7, 11) is 2.16. The number of carbonyl (C=O) groups excluding carboxylic acids is 1. The molecule has 1 saturated carbocycles. The van der Waals surface area contributed by atoms with Crippen LogP contribution in [0.25, 0.3) is 44.3 Å². The van der Waals surface area contributed by atoms with Crippen LogP contribution in [-0.2, 0) is 4.79 Å². The first-order chi connectivity index (χ1) is 20.1. The monoisotopic (exact) mass is 548 g/mol. The molecule has 0 spiro atoms. The molecule has 2 aliphatic rings. The van der Waals surface area contributed by atoms with Crippen LogP contribution in [0.5, 0.6) is 0 Å². The molecule has 41 heavy (non-hydrogen) atoms. The van der Waals surface area contributed by atoms with Crippen LogP contribution in [0.1, 0.15) is 38.5 Å². The third-order valence-electron chi connectivity index (χ3n) is 8.70. The molecule has 9 nitrogen and oxygen atoms in total. The molecule has 0 bridgehead atoms. The minimum absolute atomic E-state index is 0.0765. The fraction of sp³-hybridized carbons (Fsp3) is 0.375. The molecular weight excluding hydrogens is 512 g/mol. The van der Waals surface area contributed by atoms with Crippen molar-refractivity contribution >= 4 is 39.2 Å². The highest BCUT2D eigenvalue weighted by molar-refractivity contribution is 6.00. The third kappa shape index (κ3) is 5.29. The number of likely N-dealkylation sites (N-methyl/N-ethyl adjacent to an activating group) is 1. The molecule has 0 unspecified atom stereocenters. The number of amides is 1. The van der Waals surface area contributed by atoms with Gasteiger partial charge in [0.05, 0.1) is 28.6 Å². The Hall–Kier alpha value is -4.24. The zero-order chi connectivity index (χ0) is 27.8. The Bertz CT molecular complexity index is 1690. The van der Waals surface area contributed by atoms with Gasteiger partial charge in [-0.1, -0.05) is 25.3 Å². The lowest BCUT2D eigenvalue weighted by molar-refractivity contribution is -0.117. The number of piperazine rings is 1. The first-order valence-corrected chi connectivity index (χ1v) is 14.8. The fourth-order valence-electron chi connectivity index (χ4n) is 6.37. The van der Waals surface area contributed by atoms with Gasteiger partial charge in [0.15, 0.2) is 0 Å². The number of H-pyrrole nitrogens is 2. The Morgan fingerprint density at radius 3 is 2.66 bits per heavy atom. The molecule has 4 aromatic heterocycles. The number of hydrogen-bond donors (Lipinski definition) is 3. The Morgan fingerprint density at radius 1 is 0.951 bits per heavy atom. The number of hydrogen-bond acceptors (Lipinski definition) is 6. The summed E-state index contributed by atoms with van der Waals surface area (Å²) < 4.78 is 0. The van der Waals surface area contributed by atoms with Gasteiger partial charge in [-0.3, -0.25) is 14.9 Å². The van der Waals surface area contributed by atoms with Gasteiger partial charge < -0.3 is 20.1 Å². The highest BCUT2D eigenvalue weighted by Gasteiger charge is 2.20. The molecule has 210 valence electrons. The van der Waals surface area contributed by atoms with Crippen molar-refractivity contribution in [3.63, 3.8) is 0 Å². The van der Waals surface area contributed by atoms with Gasteiger partial charge in [0.2, 0.25) is 5.91 Å². The molecule has 0 radical (unpaired) electrons. The zero-order valence-electron chi connectivity index (χ0n) is 23.5. The van der Waals surface area contributed by atoms with E-state index in [1.165, 1.54) is 19.3 Å². The summed E-state index contributed by atoms with van der Waals surface area (Å²) in [5.74, 6) is 1.60. The minimum atomic E-state index is 0.0765. The second kappa shape index (κ2) is 11.0. The van der Waals surface area contributed by atoms with E-state index in [0.717, 1.165) is 94.8 Å². The number of nitrogens with zero attached hydrogens (tertiary/aromatic N) is 5. The smallest absolute Gasteiger partial charge is 0.224 e. The van der Waals surface area contributed by atoms with Crippen LogP contribution in [-0.4, -0.2) is 69.2 Å². The zero-order valence-corrected chi connectivity index (χ0v) is 23.5. The Labute approximate surface area is 239 Å². The van der Waals surface area contributed by atoms with Gasteiger partial charge in [-0.05, 0) is 61.7 Å². The van der Waals surface area contributed by atoms with Crippen LogP contribution in [0, 0.1) is 5.92 Å². The predicted octanol–water partition coefficient (Wildman–Crippen LogP) is 5.83. The van der Waals surface area contributed by atoms with Gasteiger partial charge in [-0.2, -0.15) is 5.10 Å². The summed E-state index contributed by atoms with van der Waals surface area (Å²) >= 11 is 0. The summed E-state index contributed by atoms with van der Waals surface area (Å²) in [5.41, 5.74) is 6.54. The van der Waals surface area contributed by atoms with Gasteiger partial charge in [-0.25, -0.2) is 4.98 Å². The molecule has 3 N–H and O–H groups in total. The summed E-state index contributed by atoms with van der Waals surface area (Å²) in [6.07, 6.45) is 12.1. The van der Waals surface area contributed by atoms with E-state index >= 15 is 0 Å². The van der Waals surface area contributed by atoms with Gasteiger partial charge in [0, 0.05) is 61.3 Å². The molecule has 5 heterocycles. The third-order valence-corrected chi connectivity index (χ3v) is 8.70. The number of nitrogens with one attached hydrogen (secondary N) is 3. The van der Waals surface area contributed by atoms with Crippen molar-refractivity contribution < 1.29 is 4.79 Å². The summed E-state index contributed by atoms with van der Waals surface area (Å²) in [4.78, 5) is 30.2. The molecule has 2 fully saturated rings. The SMILES string of the molecule is CN1CCN(c2nccc3[nH]c(-c4n[nH]c5ccc(-c6cncc(NC(=O)CC7CCCCC7)c6)cc45)cc23)CC1. The van der Waals surface area contributed by atoms with Crippen molar-refractivity contribution in [3.8, 4) is 22.5 Å². The van der Waals surface area contributed by atoms with Crippen LogP contribution >= 0.6 is 0 Å². The first kappa shape index (κ1) is 25.7. The van der Waals surface area contributed by atoms with Gasteiger partial charge >= 0.3 is 0 Å². The van der Waals surface area contributed by atoms with Crippen LogP contribution in [0.2, 0.25) is 0 Å². The van der Waals surface area contributed by atoms with Gasteiger partial charge in [0.1, 0.15) is 11.5 Å². The predicted molar refractivity (Wildman–Crippen MR) is 164 cm³/mol. The summed E-state index contributed by atoms with van der Waals surface area (Å²) in [6.45, 7) is 3.99. The maximum Gasteiger partial charge on any atom is 0.224 e. The van der Waals surface area contributed by atoms with E-state index in [1.807, 2.05) is 24.5 Å². The molecule has 1 aliphatic heterocycles. The standard InChI is InChI=1S/C32H36N8O/c1-39-11-13-40(14-12-39)32-26-18-29(36-27(26)9-10-34-32)31-25-17-22(7-8-28(25)37-38-31)23-16-24(20-33-19-23)35-30(41)15-21-5-3-2-4-6-21/h7-10,16-21,36H,2-6,11-15H2,1H3,(H,35,41)(H,37,38). The van der Waals surface area contributed by atoms with Crippen LogP contribution < -0.4 is 10.2 Å². The van der Waals surface area contributed by atoms with Crippen molar-refractivity contribution in [1.82, 2.24) is 30.0 Å². The van der Waals surface area contributed by atoms with Crippen molar-refractivity contribution in [2.75, 3.05) is 43.4 Å². The topological polar surface area (TPSA) is 106 Å². The number of rotatable bonds is 6. The molecule has 1 aromatic carbocycles. The van der Waals surface area contributed by atoms with Gasteiger partial charge in [-0.15, -0.1) is 0 Å². The maximum atomic E-state index is 12.7. The van der Waals surface area contributed by atoms with E-state index in [1.54, 1.807) is 6.20 Å². The van der Waals surface area contributed by atoms with E-state index in [2.05, 4.69) is 61.5 Å². The molecule has 9 heteroatoms. The normalized spacial score (nSPS) is 17.0. The molecule has 1 saturated heterocycles.